The van der Waals surface area contributed by atoms with Crippen molar-refractivity contribution in [1.29, 1.82) is 0 Å². The fourth-order valence-electron chi connectivity index (χ4n) is 7.27. The van der Waals surface area contributed by atoms with Crippen LogP contribution in [-0.2, 0) is 0 Å². The van der Waals surface area contributed by atoms with E-state index in [1.807, 2.05) is 48.3 Å². The van der Waals surface area contributed by atoms with Crippen molar-refractivity contribution in [3.63, 3.8) is 0 Å². The van der Waals surface area contributed by atoms with Crippen molar-refractivity contribution in [2.45, 2.75) is 76.0 Å². The van der Waals surface area contributed by atoms with Crippen LogP contribution in [0.4, 0.5) is 0 Å². The highest BCUT2D eigenvalue weighted by molar-refractivity contribution is 8.16. The van der Waals surface area contributed by atoms with Crippen LogP contribution < -0.4 is 0 Å². The van der Waals surface area contributed by atoms with Crippen LogP contribution in [0.25, 0.3) is 60.5 Å². The smallest absolute Gasteiger partial charge is 0.101 e. The van der Waals surface area contributed by atoms with E-state index in [0.717, 1.165) is 54.7 Å². The van der Waals surface area contributed by atoms with E-state index < -0.39 is 0 Å². The third-order valence-corrected chi connectivity index (χ3v) is 14.9. The zero-order valence-electron chi connectivity index (χ0n) is 31.5. The van der Waals surface area contributed by atoms with Gasteiger partial charge in [-0.1, -0.05) is 78.1 Å². The molecule has 4 aromatic carbocycles. The summed E-state index contributed by atoms with van der Waals surface area (Å²) in [6.45, 7) is 17.9. The number of aromatic nitrogens is 3. The van der Waals surface area contributed by atoms with E-state index in [1.54, 1.807) is 0 Å². The summed E-state index contributed by atoms with van der Waals surface area (Å²) in [6.07, 6.45) is 7.82. The van der Waals surface area contributed by atoms with Gasteiger partial charge in [-0.2, -0.15) is 0 Å². The summed E-state index contributed by atoms with van der Waals surface area (Å²) in [4.78, 5) is 19.6. The number of thioether (sulfide) groups is 2. The average molecular weight is 730 g/mol. The molecule has 0 fully saturated rings. The second-order valence-electron chi connectivity index (χ2n) is 16.4. The molecule has 0 atom stereocenters. The third-order valence-electron chi connectivity index (χ3n) is 11.8. The van der Waals surface area contributed by atoms with Gasteiger partial charge in [0, 0.05) is 78.4 Å². The Kier molecular flexibility index (Phi) is 7.65. The fraction of sp³-hybridized carbons (Fsp3) is 0.261. The summed E-state index contributed by atoms with van der Waals surface area (Å²) >= 11 is 3.68. The van der Waals surface area contributed by atoms with Crippen LogP contribution >= 0.6 is 23.5 Å². The maximum atomic E-state index is 5.12. The average Bonchev–Trinajstić information content (AvgIpc) is 3.68. The topological polar surface area (TPSA) is 55.4 Å². The molecular formula is C46H43N5S2. The molecule has 3 aromatic heterocycles. The molecule has 5 nitrogen and oxygen atoms in total. The predicted octanol–water partition coefficient (Wildman–Crippen LogP) is 12.2. The van der Waals surface area contributed by atoms with Gasteiger partial charge in [0.25, 0.3) is 0 Å². The summed E-state index contributed by atoms with van der Waals surface area (Å²) in [5.74, 6) is 0. The van der Waals surface area contributed by atoms with Crippen molar-refractivity contribution in [2.24, 2.45) is 9.98 Å². The SMILES string of the molecule is CC1(C)N=C(c2cncc(-c3ccc4c(ccc5c6ccc(-c7cncc(C8=NC(C)(C)C(C)(C)S8)c7)cc6n(-c6ccccc6)c45)c3)c2)SC1(C)C. The van der Waals surface area contributed by atoms with Crippen LogP contribution in [0.2, 0.25) is 0 Å². The molecule has 0 radical (unpaired) electrons. The van der Waals surface area contributed by atoms with Gasteiger partial charge in [-0.3, -0.25) is 20.0 Å². The van der Waals surface area contributed by atoms with Gasteiger partial charge in [0.15, 0.2) is 0 Å². The van der Waals surface area contributed by atoms with E-state index in [1.165, 1.54) is 27.1 Å². The number of hydrogen-bond donors (Lipinski definition) is 0. The minimum absolute atomic E-state index is 0.0110. The zero-order chi connectivity index (χ0) is 36.9. The van der Waals surface area contributed by atoms with Crippen molar-refractivity contribution in [1.82, 2.24) is 14.5 Å². The highest BCUT2D eigenvalue weighted by Crippen LogP contribution is 2.48. The van der Waals surface area contributed by atoms with Crippen molar-refractivity contribution < 1.29 is 0 Å². The van der Waals surface area contributed by atoms with E-state index in [9.17, 15) is 0 Å². The standard InChI is InChI=1S/C46H43N5S2/c1-43(2)45(5,6)52-41(49-43)33-21-31(24-47-26-33)28-14-17-36-30(20-28)16-19-38-37-18-15-29(23-39(37)51(40(36)38)35-12-10-9-11-13-35)32-22-34(27-48-25-32)42-50-44(3,4)46(7,8)53-42/h9-27H,1-8H3. The van der Waals surface area contributed by atoms with Crippen molar-refractivity contribution >= 4 is 66.2 Å². The first-order valence-corrected chi connectivity index (χ1v) is 19.9. The lowest BCUT2D eigenvalue weighted by atomic mass is 9.91. The molecule has 0 amide bonds. The van der Waals surface area contributed by atoms with Gasteiger partial charge in [-0.15, -0.1) is 0 Å². The molecule has 264 valence electrons. The van der Waals surface area contributed by atoms with Gasteiger partial charge in [0.1, 0.15) is 10.1 Å². The van der Waals surface area contributed by atoms with E-state index in [2.05, 4.69) is 156 Å². The summed E-state index contributed by atoms with van der Waals surface area (Å²) < 4.78 is 2.46. The number of aliphatic imine (C=N–C) groups is 2. The van der Waals surface area contributed by atoms with Gasteiger partial charge in [-0.25, -0.2) is 0 Å². The first kappa shape index (κ1) is 34.1. The quantitative estimate of drug-likeness (QED) is 0.177. The number of fused-ring (bicyclic) bond motifs is 5. The van der Waals surface area contributed by atoms with Gasteiger partial charge in [0.2, 0.25) is 0 Å². The number of benzene rings is 4. The molecule has 0 unspecified atom stereocenters. The molecule has 7 aromatic rings. The Labute approximate surface area is 320 Å². The Balaban J connectivity index is 1.17. The molecule has 53 heavy (non-hydrogen) atoms. The number of nitrogens with zero attached hydrogens (tertiary/aromatic N) is 5. The normalized spacial score (nSPS) is 18.5. The second-order valence-corrected chi connectivity index (χ2v) is 19.6. The lowest BCUT2D eigenvalue weighted by Crippen LogP contribution is -2.36. The molecule has 0 bridgehead atoms. The molecule has 9 rings (SSSR count). The van der Waals surface area contributed by atoms with Crippen LogP contribution in [0.1, 0.15) is 66.5 Å². The summed E-state index contributed by atoms with van der Waals surface area (Å²) in [6, 6.07) is 33.4. The van der Waals surface area contributed by atoms with E-state index in [4.69, 9.17) is 15.0 Å². The number of hydrogen-bond acceptors (Lipinski definition) is 6. The van der Waals surface area contributed by atoms with Crippen molar-refractivity contribution in [3.05, 3.63) is 127 Å². The van der Waals surface area contributed by atoms with Crippen molar-refractivity contribution in [3.8, 4) is 27.9 Å². The Morgan fingerprint density at radius 3 is 1.53 bits per heavy atom. The maximum absolute atomic E-state index is 5.12. The fourth-order valence-corrected chi connectivity index (χ4v) is 9.84. The first-order chi connectivity index (χ1) is 25.2. The predicted molar refractivity (Wildman–Crippen MR) is 229 cm³/mol. The van der Waals surface area contributed by atoms with Crippen LogP contribution in [0, 0.1) is 0 Å². The minimum Gasteiger partial charge on any atom is -0.309 e. The van der Waals surface area contributed by atoms with Crippen LogP contribution in [0.3, 0.4) is 0 Å². The van der Waals surface area contributed by atoms with Gasteiger partial charge in [0.05, 0.1) is 22.1 Å². The van der Waals surface area contributed by atoms with Gasteiger partial charge in [-0.05, 0) is 108 Å². The van der Waals surface area contributed by atoms with Crippen LogP contribution in [-0.4, -0.2) is 45.2 Å². The molecule has 2 aliphatic rings. The van der Waals surface area contributed by atoms with E-state index in [-0.39, 0.29) is 20.6 Å². The van der Waals surface area contributed by atoms with Crippen LogP contribution in [0.15, 0.2) is 126 Å². The molecule has 0 spiro atoms. The second kappa shape index (κ2) is 11.9. The highest BCUT2D eigenvalue weighted by atomic mass is 32.2. The van der Waals surface area contributed by atoms with Crippen LogP contribution in [0.5, 0.6) is 0 Å². The molecule has 0 N–H and O–H groups in total. The molecule has 2 aliphatic heterocycles. The molecule has 0 saturated heterocycles. The summed E-state index contributed by atoms with van der Waals surface area (Å²) in [5.41, 5.74) is 9.79. The zero-order valence-corrected chi connectivity index (χ0v) is 33.2. The highest BCUT2D eigenvalue weighted by Gasteiger charge is 2.45. The molecule has 0 aliphatic carbocycles. The lowest BCUT2D eigenvalue weighted by Gasteiger charge is -2.30. The van der Waals surface area contributed by atoms with E-state index in [0.29, 0.717) is 0 Å². The summed E-state index contributed by atoms with van der Waals surface area (Å²) in [5, 5.41) is 6.97. The summed E-state index contributed by atoms with van der Waals surface area (Å²) in [7, 11) is 0. The Morgan fingerprint density at radius 1 is 0.472 bits per heavy atom. The lowest BCUT2D eigenvalue weighted by molar-refractivity contribution is 0.426. The number of pyridine rings is 2. The maximum Gasteiger partial charge on any atom is 0.101 e. The molecular weight excluding hydrogens is 687 g/mol. The monoisotopic (exact) mass is 729 g/mol. The first-order valence-electron chi connectivity index (χ1n) is 18.3. The molecule has 0 saturated carbocycles. The van der Waals surface area contributed by atoms with E-state index >= 15 is 0 Å². The Bertz CT molecular complexity index is 2680. The Morgan fingerprint density at radius 2 is 0.981 bits per heavy atom. The number of rotatable bonds is 5. The minimum atomic E-state index is -0.151. The van der Waals surface area contributed by atoms with Gasteiger partial charge < -0.3 is 4.57 Å². The largest absolute Gasteiger partial charge is 0.309 e. The third kappa shape index (κ3) is 5.54. The molecule has 7 heteroatoms. The number of para-hydroxylation sites is 1. The van der Waals surface area contributed by atoms with Gasteiger partial charge >= 0.3 is 0 Å². The molecule has 5 heterocycles. The Hall–Kier alpha value is -4.72. The van der Waals surface area contributed by atoms with Crippen molar-refractivity contribution in [2.75, 3.05) is 0 Å².